The lowest BCUT2D eigenvalue weighted by Crippen LogP contribution is -2.04. The highest BCUT2D eigenvalue weighted by Gasteiger charge is 2.12. The third-order valence-electron chi connectivity index (χ3n) is 4.68. The van der Waals surface area contributed by atoms with Gasteiger partial charge in [0.05, 0.1) is 12.2 Å². The minimum absolute atomic E-state index is 0.00923. The third kappa shape index (κ3) is 4.96. The average molecular weight is 396 g/mol. The fraction of sp³-hybridized carbons (Fsp3) is 0.217. The van der Waals surface area contributed by atoms with Crippen LogP contribution in [0.2, 0.25) is 0 Å². The number of hydrogen-bond donors (Lipinski definition) is 0. The molecule has 0 bridgehead atoms. The van der Waals surface area contributed by atoms with Gasteiger partial charge in [-0.05, 0) is 38.5 Å². The van der Waals surface area contributed by atoms with E-state index in [0.29, 0.717) is 6.54 Å². The van der Waals surface area contributed by atoms with Gasteiger partial charge in [0.2, 0.25) is 0 Å². The van der Waals surface area contributed by atoms with E-state index in [1.165, 1.54) is 23.8 Å². The monoisotopic (exact) mass is 396 g/mol. The van der Waals surface area contributed by atoms with E-state index in [0.717, 1.165) is 28.6 Å². The number of esters is 1. The van der Waals surface area contributed by atoms with Crippen LogP contribution in [0.4, 0.5) is 8.78 Å². The molecule has 29 heavy (non-hydrogen) atoms. The average Bonchev–Trinajstić information content (AvgIpc) is 2.96. The van der Waals surface area contributed by atoms with E-state index in [2.05, 4.69) is 29.4 Å². The first-order chi connectivity index (χ1) is 13.8. The summed E-state index contributed by atoms with van der Waals surface area (Å²) in [7, 11) is 0. The number of nitrogens with zero attached hydrogens (tertiary/aromatic N) is 2. The SMILES string of the molecule is Cc1ccc(Cn2nc(C)c(/C=C\C(=O)OCc3cccc(F)c3F)c2C)cc1. The first-order valence-corrected chi connectivity index (χ1v) is 9.22. The molecule has 4 nitrogen and oxygen atoms in total. The van der Waals surface area contributed by atoms with E-state index in [1.54, 1.807) is 6.08 Å². The molecule has 0 aliphatic rings. The van der Waals surface area contributed by atoms with Crippen LogP contribution in [0.3, 0.4) is 0 Å². The molecule has 150 valence electrons. The lowest BCUT2D eigenvalue weighted by Gasteiger charge is -2.05. The number of halogens is 2. The van der Waals surface area contributed by atoms with Crippen LogP contribution in [0.5, 0.6) is 0 Å². The number of benzene rings is 2. The third-order valence-corrected chi connectivity index (χ3v) is 4.68. The molecule has 1 aromatic heterocycles. The van der Waals surface area contributed by atoms with Gasteiger partial charge < -0.3 is 4.74 Å². The van der Waals surface area contributed by atoms with Gasteiger partial charge in [-0.2, -0.15) is 5.10 Å². The molecule has 3 aromatic rings. The van der Waals surface area contributed by atoms with Gasteiger partial charge in [0.15, 0.2) is 11.6 Å². The molecule has 0 amide bonds. The van der Waals surface area contributed by atoms with Crippen molar-refractivity contribution in [3.8, 4) is 0 Å². The van der Waals surface area contributed by atoms with Crippen LogP contribution in [0.1, 0.15) is 33.6 Å². The summed E-state index contributed by atoms with van der Waals surface area (Å²) in [6.07, 6.45) is 2.90. The van der Waals surface area contributed by atoms with Crippen LogP contribution in [-0.2, 0) is 22.7 Å². The molecule has 3 rings (SSSR count). The molecule has 0 saturated carbocycles. The van der Waals surface area contributed by atoms with Crippen molar-refractivity contribution in [1.29, 1.82) is 0 Å². The molecular formula is C23H22F2N2O2. The van der Waals surface area contributed by atoms with Crippen molar-refractivity contribution in [2.24, 2.45) is 0 Å². The normalized spacial score (nSPS) is 11.2. The molecule has 6 heteroatoms. The zero-order chi connectivity index (χ0) is 21.0. The molecule has 0 saturated heterocycles. The second-order valence-electron chi connectivity index (χ2n) is 6.88. The van der Waals surface area contributed by atoms with Crippen molar-refractivity contribution in [1.82, 2.24) is 9.78 Å². The topological polar surface area (TPSA) is 44.1 Å². The minimum atomic E-state index is -1.01. The highest BCUT2D eigenvalue weighted by atomic mass is 19.2. The largest absolute Gasteiger partial charge is 0.458 e. The summed E-state index contributed by atoms with van der Waals surface area (Å²) >= 11 is 0. The van der Waals surface area contributed by atoms with Crippen molar-refractivity contribution in [3.63, 3.8) is 0 Å². The van der Waals surface area contributed by atoms with Crippen LogP contribution in [0.25, 0.3) is 6.08 Å². The second kappa shape index (κ2) is 8.82. The van der Waals surface area contributed by atoms with E-state index in [9.17, 15) is 13.6 Å². The molecule has 0 aliphatic carbocycles. The zero-order valence-corrected chi connectivity index (χ0v) is 16.6. The molecule has 1 heterocycles. The summed E-state index contributed by atoms with van der Waals surface area (Å²) in [5.41, 5.74) is 4.85. The number of rotatable bonds is 6. The molecule has 0 radical (unpaired) electrons. The molecule has 0 unspecified atom stereocenters. The first-order valence-electron chi connectivity index (χ1n) is 9.22. The molecule has 0 N–H and O–H groups in total. The van der Waals surface area contributed by atoms with E-state index in [4.69, 9.17) is 4.74 Å². The predicted molar refractivity (Wildman–Crippen MR) is 107 cm³/mol. The summed E-state index contributed by atoms with van der Waals surface area (Å²) in [5.74, 6) is -2.62. The number of carbonyl (C=O) groups is 1. The molecule has 2 aromatic carbocycles. The van der Waals surface area contributed by atoms with Crippen LogP contribution in [0, 0.1) is 32.4 Å². The number of carbonyl (C=O) groups excluding carboxylic acids is 1. The Morgan fingerprint density at radius 3 is 2.55 bits per heavy atom. The van der Waals surface area contributed by atoms with Crippen LogP contribution in [0.15, 0.2) is 48.5 Å². The van der Waals surface area contributed by atoms with Gasteiger partial charge in [0.1, 0.15) is 6.61 Å². The van der Waals surface area contributed by atoms with E-state index in [1.807, 2.05) is 25.5 Å². The molecule has 0 aliphatic heterocycles. The van der Waals surface area contributed by atoms with Gasteiger partial charge >= 0.3 is 5.97 Å². The second-order valence-corrected chi connectivity index (χ2v) is 6.88. The highest BCUT2D eigenvalue weighted by molar-refractivity contribution is 5.87. The van der Waals surface area contributed by atoms with Gasteiger partial charge in [-0.25, -0.2) is 13.6 Å². The zero-order valence-electron chi connectivity index (χ0n) is 16.6. The predicted octanol–water partition coefficient (Wildman–Crippen LogP) is 4.89. The maximum atomic E-state index is 13.6. The van der Waals surface area contributed by atoms with E-state index in [-0.39, 0.29) is 12.2 Å². The van der Waals surface area contributed by atoms with Gasteiger partial charge in [-0.15, -0.1) is 0 Å². The fourth-order valence-corrected chi connectivity index (χ4v) is 2.98. The molecular weight excluding hydrogens is 374 g/mol. The highest BCUT2D eigenvalue weighted by Crippen LogP contribution is 2.17. The molecule has 0 fully saturated rings. The first kappa shape index (κ1) is 20.5. The summed E-state index contributed by atoms with van der Waals surface area (Å²) in [5, 5.41) is 4.54. The van der Waals surface area contributed by atoms with Crippen LogP contribution >= 0.6 is 0 Å². The Hall–Kier alpha value is -3.28. The summed E-state index contributed by atoms with van der Waals surface area (Å²) in [6, 6.07) is 12.0. The molecule has 0 spiro atoms. The Balaban J connectivity index is 1.66. The summed E-state index contributed by atoms with van der Waals surface area (Å²) < 4.78 is 33.7. The number of aryl methyl sites for hydroxylation is 2. The Morgan fingerprint density at radius 1 is 1.10 bits per heavy atom. The van der Waals surface area contributed by atoms with Crippen molar-refractivity contribution >= 4 is 12.0 Å². The standard InChI is InChI=1S/C23H22F2N2O2/c1-15-7-9-18(10-8-15)13-27-17(3)20(16(2)26-27)11-12-22(28)29-14-19-5-4-6-21(24)23(19)25/h4-12H,13-14H2,1-3H3/b12-11-. The van der Waals surface area contributed by atoms with Crippen molar-refractivity contribution in [2.45, 2.75) is 33.9 Å². The number of ether oxygens (including phenoxy) is 1. The maximum Gasteiger partial charge on any atom is 0.331 e. The van der Waals surface area contributed by atoms with Gasteiger partial charge in [0.25, 0.3) is 0 Å². The van der Waals surface area contributed by atoms with Gasteiger partial charge in [-0.1, -0.05) is 42.0 Å². The fourth-order valence-electron chi connectivity index (χ4n) is 2.98. The van der Waals surface area contributed by atoms with Crippen LogP contribution in [-0.4, -0.2) is 15.7 Å². The Labute approximate surface area is 168 Å². The van der Waals surface area contributed by atoms with Crippen molar-refractivity contribution in [3.05, 3.63) is 93.8 Å². The van der Waals surface area contributed by atoms with Crippen molar-refractivity contribution < 1.29 is 18.3 Å². The van der Waals surface area contributed by atoms with Gasteiger partial charge in [-0.3, -0.25) is 4.68 Å². The van der Waals surface area contributed by atoms with Crippen molar-refractivity contribution in [2.75, 3.05) is 0 Å². The molecule has 0 atom stereocenters. The maximum absolute atomic E-state index is 13.6. The Kier molecular flexibility index (Phi) is 6.22. The lowest BCUT2D eigenvalue weighted by molar-refractivity contribution is -0.139. The minimum Gasteiger partial charge on any atom is -0.458 e. The summed E-state index contributed by atoms with van der Waals surface area (Å²) in [4.78, 5) is 12.0. The summed E-state index contributed by atoms with van der Waals surface area (Å²) in [6.45, 7) is 6.13. The van der Waals surface area contributed by atoms with E-state index < -0.39 is 17.6 Å². The number of aromatic nitrogens is 2. The van der Waals surface area contributed by atoms with Gasteiger partial charge in [0, 0.05) is 22.9 Å². The smallest absolute Gasteiger partial charge is 0.331 e. The lowest BCUT2D eigenvalue weighted by atomic mass is 10.1. The Morgan fingerprint density at radius 2 is 1.83 bits per heavy atom. The quantitative estimate of drug-likeness (QED) is 0.440. The Bertz CT molecular complexity index is 1050. The van der Waals surface area contributed by atoms with E-state index >= 15 is 0 Å². The van der Waals surface area contributed by atoms with Crippen LogP contribution < -0.4 is 0 Å². The number of hydrogen-bond acceptors (Lipinski definition) is 3.